The Balaban J connectivity index is 1.83. The average molecular weight is 257 g/mol. The first kappa shape index (κ1) is 12.2. The summed E-state index contributed by atoms with van der Waals surface area (Å²) in [5, 5.41) is 1.13. The van der Waals surface area contributed by atoms with Crippen LogP contribution in [-0.4, -0.2) is 34.9 Å². The third-order valence-corrected chi connectivity index (χ3v) is 4.11. The van der Waals surface area contributed by atoms with E-state index in [0.29, 0.717) is 12.5 Å². The van der Waals surface area contributed by atoms with Gasteiger partial charge in [-0.2, -0.15) is 0 Å². The van der Waals surface area contributed by atoms with Crippen molar-refractivity contribution in [1.29, 1.82) is 0 Å². The van der Waals surface area contributed by atoms with Crippen molar-refractivity contribution in [3.8, 4) is 0 Å². The monoisotopic (exact) mass is 257 g/mol. The molecule has 2 heterocycles. The molecule has 2 unspecified atom stereocenters. The van der Waals surface area contributed by atoms with E-state index in [-0.39, 0.29) is 11.9 Å². The number of nitrogens with one attached hydrogen (secondary N) is 1. The van der Waals surface area contributed by atoms with Crippen LogP contribution in [0.5, 0.6) is 0 Å². The molecule has 3 rings (SSSR count). The van der Waals surface area contributed by atoms with E-state index in [1.807, 2.05) is 35.4 Å². The molecule has 1 amide bonds. The molecule has 1 aliphatic heterocycles. The number of carbonyl (C=O) groups is 1. The highest BCUT2D eigenvalue weighted by molar-refractivity contribution is 5.98. The summed E-state index contributed by atoms with van der Waals surface area (Å²) in [5.41, 5.74) is 7.79. The lowest BCUT2D eigenvalue weighted by atomic mass is 9.94. The van der Waals surface area contributed by atoms with Gasteiger partial charge in [-0.25, -0.2) is 0 Å². The molecule has 19 heavy (non-hydrogen) atoms. The number of aromatic amines is 1. The largest absolute Gasteiger partial charge is 0.361 e. The first-order chi connectivity index (χ1) is 9.15. The molecule has 1 saturated heterocycles. The maximum absolute atomic E-state index is 12.5. The van der Waals surface area contributed by atoms with Crippen LogP contribution in [0.25, 0.3) is 10.9 Å². The molecular formula is C15H19N3O. The highest BCUT2D eigenvalue weighted by atomic mass is 16.2. The third kappa shape index (κ3) is 2.24. The van der Waals surface area contributed by atoms with Crippen LogP contribution in [0.1, 0.15) is 23.7 Å². The van der Waals surface area contributed by atoms with Gasteiger partial charge >= 0.3 is 0 Å². The third-order valence-electron chi connectivity index (χ3n) is 4.11. The van der Waals surface area contributed by atoms with E-state index in [1.54, 1.807) is 0 Å². The Labute approximate surface area is 112 Å². The summed E-state index contributed by atoms with van der Waals surface area (Å²) < 4.78 is 0. The maximum atomic E-state index is 12.5. The number of fused-ring (bicyclic) bond motifs is 1. The Hall–Kier alpha value is -1.81. The van der Waals surface area contributed by atoms with Crippen LogP contribution < -0.4 is 5.73 Å². The fourth-order valence-electron chi connectivity index (χ4n) is 2.65. The van der Waals surface area contributed by atoms with Crippen molar-refractivity contribution in [2.45, 2.75) is 19.4 Å². The highest BCUT2D eigenvalue weighted by Gasteiger charge is 2.26. The van der Waals surface area contributed by atoms with E-state index >= 15 is 0 Å². The van der Waals surface area contributed by atoms with Crippen molar-refractivity contribution in [3.05, 3.63) is 36.0 Å². The molecule has 0 bridgehead atoms. The number of nitrogens with zero attached hydrogens (tertiary/aromatic N) is 1. The summed E-state index contributed by atoms with van der Waals surface area (Å²) in [6.07, 6.45) is 2.87. The van der Waals surface area contributed by atoms with Crippen molar-refractivity contribution >= 4 is 16.8 Å². The molecule has 0 aliphatic carbocycles. The summed E-state index contributed by atoms with van der Waals surface area (Å²) in [6, 6.07) is 7.88. The number of benzene rings is 1. The predicted octanol–water partition coefficient (Wildman–Crippen LogP) is 1.98. The Morgan fingerprint density at radius 2 is 2.26 bits per heavy atom. The number of hydrogen-bond donors (Lipinski definition) is 2. The van der Waals surface area contributed by atoms with Gasteiger partial charge in [0.25, 0.3) is 5.91 Å². The molecule has 3 N–H and O–H groups in total. The standard InChI is InChI=1S/C15H19N3O/c1-10-5-7-18(9-13(10)16)15(19)12-3-2-11-4-6-17-14(11)8-12/h2-4,6,8,10,13,17H,5,7,9,16H2,1H3. The molecule has 0 saturated carbocycles. The molecule has 1 aromatic carbocycles. The van der Waals surface area contributed by atoms with E-state index in [1.165, 1.54) is 0 Å². The number of H-pyrrole nitrogens is 1. The number of nitrogens with two attached hydrogens (primary N) is 1. The lowest BCUT2D eigenvalue weighted by Gasteiger charge is -2.35. The van der Waals surface area contributed by atoms with Crippen LogP contribution >= 0.6 is 0 Å². The number of aromatic nitrogens is 1. The van der Waals surface area contributed by atoms with Crippen molar-refractivity contribution in [2.24, 2.45) is 11.7 Å². The van der Waals surface area contributed by atoms with E-state index in [4.69, 9.17) is 5.73 Å². The molecule has 4 heteroatoms. The van der Waals surface area contributed by atoms with Crippen molar-refractivity contribution in [3.63, 3.8) is 0 Å². The summed E-state index contributed by atoms with van der Waals surface area (Å²) in [4.78, 5) is 17.5. The van der Waals surface area contributed by atoms with Gasteiger partial charge in [0.2, 0.25) is 0 Å². The molecule has 0 spiro atoms. The van der Waals surface area contributed by atoms with Crippen LogP contribution in [0, 0.1) is 5.92 Å². The zero-order valence-corrected chi connectivity index (χ0v) is 11.1. The zero-order chi connectivity index (χ0) is 13.4. The second-order valence-electron chi connectivity index (χ2n) is 5.46. The minimum atomic E-state index is 0.0823. The van der Waals surface area contributed by atoms with E-state index < -0.39 is 0 Å². The van der Waals surface area contributed by atoms with E-state index in [2.05, 4.69) is 11.9 Å². The lowest BCUT2D eigenvalue weighted by Crippen LogP contribution is -2.49. The van der Waals surface area contributed by atoms with Gasteiger partial charge in [0.1, 0.15) is 0 Å². The Bertz CT molecular complexity index is 604. The summed E-state index contributed by atoms with van der Waals surface area (Å²) >= 11 is 0. The van der Waals surface area contributed by atoms with Gasteiger partial charge in [0.15, 0.2) is 0 Å². The minimum absolute atomic E-state index is 0.0823. The number of likely N-dealkylation sites (tertiary alicyclic amines) is 1. The van der Waals surface area contributed by atoms with Gasteiger partial charge in [-0.05, 0) is 35.9 Å². The van der Waals surface area contributed by atoms with Gasteiger partial charge in [0, 0.05) is 36.4 Å². The SMILES string of the molecule is CC1CCN(C(=O)c2ccc3cc[nH]c3c2)CC1N. The highest BCUT2D eigenvalue weighted by Crippen LogP contribution is 2.20. The normalized spacial score (nSPS) is 23.8. The van der Waals surface area contributed by atoms with Gasteiger partial charge in [0.05, 0.1) is 0 Å². The van der Waals surface area contributed by atoms with Crippen LogP contribution in [0.15, 0.2) is 30.5 Å². The molecule has 2 aromatic rings. The van der Waals surface area contributed by atoms with Gasteiger partial charge in [-0.1, -0.05) is 13.0 Å². The summed E-state index contributed by atoms with van der Waals surface area (Å²) in [7, 11) is 0. The van der Waals surface area contributed by atoms with Gasteiger partial charge < -0.3 is 15.6 Å². The molecule has 1 aliphatic rings. The summed E-state index contributed by atoms with van der Waals surface area (Å²) in [6.45, 7) is 3.61. The molecule has 0 radical (unpaired) electrons. The van der Waals surface area contributed by atoms with Crippen molar-refractivity contribution < 1.29 is 4.79 Å². The van der Waals surface area contributed by atoms with Crippen molar-refractivity contribution in [1.82, 2.24) is 9.88 Å². The number of carbonyl (C=O) groups excluding carboxylic acids is 1. The van der Waals surface area contributed by atoms with E-state index in [9.17, 15) is 4.79 Å². The molecule has 1 aromatic heterocycles. The number of piperidine rings is 1. The Morgan fingerprint density at radius 3 is 3.05 bits per heavy atom. The molecule has 1 fully saturated rings. The smallest absolute Gasteiger partial charge is 0.253 e. The second kappa shape index (κ2) is 4.70. The predicted molar refractivity (Wildman–Crippen MR) is 76.0 cm³/mol. The molecule has 2 atom stereocenters. The number of amides is 1. The number of rotatable bonds is 1. The van der Waals surface area contributed by atoms with Crippen molar-refractivity contribution in [2.75, 3.05) is 13.1 Å². The zero-order valence-electron chi connectivity index (χ0n) is 11.1. The second-order valence-corrected chi connectivity index (χ2v) is 5.46. The maximum Gasteiger partial charge on any atom is 0.253 e. The minimum Gasteiger partial charge on any atom is -0.361 e. The first-order valence-electron chi connectivity index (χ1n) is 6.77. The fourth-order valence-corrected chi connectivity index (χ4v) is 2.65. The Morgan fingerprint density at radius 1 is 1.42 bits per heavy atom. The fraction of sp³-hybridized carbons (Fsp3) is 0.400. The Kier molecular flexibility index (Phi) is 3.03. The molecule has 100 valence electrons. The van der Waals surface area contributed by atoms with Gasteiger partial charge in [-0.15, -0.1) is 0 Å². The van der Waals surface area contributed by atoms with Crippen LogP contribution in [0.4, 0.5) is 0 Å². The van der Waals surface area contributed by atoms with Crippen LogP contribution in [-0.2, 0) is 0 Å². The molecular weight excluding hydrogens is 238 g/mol. The average Bonchev–Trinajstić information content (AvgIpc) is 2.88. The first-order valence-corrected chi connectivity index (χ1v) is 6.77. The van der Waals surface area contributed by atoms with E-state index in [0.717, 1.165) is 29.4 Å². The van der Waals surface area contributed by atoms with Gasteiger partial charge in [-0.3, -0.25) is 4.79 Å². The summed E-state index contributed by atoms with van der Waals surface area (Å²) in [5.74, 6) is 0.578. The quantitative estimate of drug-likeness (QED) is 0.820. The topological polar surface area (TPSA) is 62.1 Å². The number of hydrogen-bond acceptors (Lipinski definition) is 2. The van der Waals surface area contributed by atoms with Crippen LogP contribution in [0.2, 0.25) is 0 Å². The molecule has 4 nitrogen and oxygen atoms in total. The van der Waals surface area contributed by atoms with Crippen LogP contribution in [0.3, 0.4) is 0 Å². The lowest BCUT2D eigenvalue weighted by molar-refractivity contribution is 0.0672.